The minimum absolute atomic E-state index is 0.0777. The highest BCUT2D eigenvalue weighted by Gasteiger charge is 2.15. The van der Waals surface area contributed by atoms with Crippen LogP contribution in [0.1, 0.15) is 46.6 Å². The fraction of sp³-hybridized carbons (Fsp3) is 0.529. The van der Waals surface area contributed by atoms with Gasteiger partial charge in [0.15, 0.2) is 6.61 Å². The second kappa shape index (κ2) is 7.25. The zero-order valence-corrected chi connectivity index (χ0v) is 13.5. The fourth-order valence-electron chi connectivity index (χ4n) is 1.70. The molecule has 4 nitrogen and oxygen atoms in total. The highest BCUT2D eigenvalue weighted by atomic mass is 16.5. The lowest BCUT2D eigenvalue weighted by molar-refractivity contribution is -0.151. The molecule has 116 valence electrons. The highest BCUT2D eigenvalue weighted by molar-refractivity contribution is 5.92. The maximum Gasteiger partial charge on any atom is 0.309 e. The molecule has 0 bridgehead atoms. The number of nitrogens with one attached hydrogen (secondary N) is 1. The average Bonchev–Trinajstić information content (AvgIpc) is 2.43. The topological polar surface area (TPSA) is 55.4 Å². The molecule has 1 amide bonds. The van der Waals surface area contributed by atoms with Crippen molar-refractivity contribution in [1.82, 2.24) is 0 Å². The molecule has 4 heteroatoms. The van der Waals surface area contributed by atoms with E-state index in [2.05, 4.69) is 26.1 Å². The molecule has 0 saturated carbocycles. The molecular formula is C17H25NO3. The largest absolute Gasteiger partial charge is 0.455 e. The van der Waals surface area contributed by atoms with Crippen molar-refractivity contribution < 1.29 is 14.3 Å². The molecule has 0 aliphatic heterocycles. The van der Waals surface area contributed by atoms with E-state index in [1.807, 2.05) is 31.2 Å². The number of rotatable bonds is 5. The molecule has 0 aromatic heterocycles. The van der Waals surface area contributed by atoms with Gasteiger partial charge in [0, 0.05) is 5.69 Å². The number of hydrogen-bond acceptors (Lipinski definition) is 3. The Hall–Kier alpha value is -1.84. The molecule has 1 aromatic carbocycles. The van der Waals surface area contributed by atoms with Crippen LogP contribution in [0, 0.1) is 5.92 Å². The van der Waals surface area contributed by atoms with E-state index in [-0.39, 0.29) is 29.8 Å². The molecule has 0 spiro atoms. The summed E-state index contributed by atoms with van der Waals surface area (Å²) in [5.74, 6) is -0.838. The minimum atomic E-state index is -0.337. The number of esters is 1. The van der Waals surface area contributed by atoms with E-state index in [1.54, 1.807) is 6.92 Å². The summed E-state index contributed by atoms with van der Waals surface area (Å²) >= 11 is 0. The van der Waals surface area contributed by atoms with Crippen LogP contribution in [0.2, 0.25) is 0 Å². The summed E-state index contributed by atoms with van der Waals surface area (Å²) in [6, 6.07) is 7.69. The number of hydrogen-bond donors (Lipinski definition) is 1. The van der Waals surface area contributed by atoms with Gasteiger partial charge in [-0.2, -0.15) is 0 Å². The SMILES string of the molecule is CCC(C)C(=O)OCC(=O)Nc1ccc(C(C)(C)C)cc1. The molecule has 1 atom stereocenters. The van der Waals surface area contributed by atoms with Crippen molar-refractivity contribution in [1.29, 1.82) is 0 Å². The molecule has 0 fully saturated rings. The Morgan fingerprint density at radius 2 is 1.76 bits per heavy atom. The van der Waals surface area contributed by atoms with Crippen LogP contribution in [0.5, 0.6) is 0 Å². The molecule has 1 N–H and O–H groups in total. The van der Waals surface area contributed by atoms with Gasteiger partial charge in [-0.05, 0) is 29.5 Å². The first kappa shape index (κ1) is 17.2. The minimum Gasteiger partial charge on any atom is -0.455 e. The summed E-state index contributed by atoms with van der Waals surface area (Å²) in [7, 11) is 0. The standard InChI is InChI=1S/C17H25NO3/c1-6-12(2)16(20)21-11-15(19)18-14-9-7-13(8-10-14)17(3,4)5/h7-10,12H,6,11H2,1-5H3,(H,18,19). The van der Waals surface area contributed by atoms with E-state index in [9.17, 15) is 9.59 Å². The number of amides is 1. The van der Waals surface area contributed by atoms with Gasteiger partial charge >= 0.3 is 5.97 Å². The fourth-order valence-corrected chi connectivity index (χ4v) is 1.70. The van der Waals surface area contributed by atoms with Gasteiger partial charge in [-0.15, -0.1) is 0 Å². The monoisotopic (exact) mass is 291 g/mol. The maximum atomic E-state index is 11.7. The third kappa shape index (κ3) is 5.58. The number of anilines is 1. The van der Waals surface area contributed by atoms with Crippen molar-refractivity contribution in [3.63, 3.8) is 0 Å². The Labute approximate surface area is 126 Å². The second-order valence-corrected chi connectivity index (χ2v) is 6.29. The van der Waals surface area contributed by atoms with E-state index in [0.717, 1.165) is 0 Å². The van der Waals surface area contributed by atoms with E-state index in [4.69, 9.17) is 4.74 Å². The molecule has 1 unspecified atom stereocenters. The van der Waals surface area contributed by atoms with Crippen LogP contribution in [0.4, 0.5) is 5.69 Å². The van der Waals surface area contributed by atoms with Gasteiger partial charge in [-0.3, -0.25) is 9.59 Å². The maximum absolute atomic E-state index is 11.7. The molecule has 1 aromatic rings. The first-order valence-corrected chi connectivity index (χ1v) is 7.31. The number of carbonyl (C=O) groups excluding carboxylic acids is 2. The first-order valence-electron chi connectivity index (χ1n) is 7.31. The van der Waals surface area contributed by atoms with Crippen LogP contribution in [0.15, 0.2) is 24.3 Å². The summed E-state index contributed by atoms with van der Waals surface area (Å²) in [5, 5.41) is 2.72. The zero-order valence-electron chi connectivity index (χ0n) is 13.5. The Kier molecular flexibility index (Phi) is 5.94. The van der Waals surface area contributed by atoms with Crippen LogP contribution < -0.4 is 5.32 Å². The number of carbonyl (C=O) groups is 2. The Balaban J connectivity index is 2.50. The molecule has 21 heavy (non-hydrogen) atoms. The van der Waals surface area contributed by atoms with Gasteiger partial charge in [0.25, 0.3) is 5.91 Å². The summed E-state index contributed by atoms with van der Waals surface area (Å²) in [6.07, 6.45) is 0.703. The van der Waals surface area contributed by atoms with Crippen molar-refractivity contribution >= 4 is 17.6 Å². The lowest BCUT2D eigenvalue weighted by Crippen LogP contribution is -2.23. The zero-order chi connectivity index (χ0) is 16.0. The van der Waals surface area contributed by atoms with Crippen LogP contribution in [0.3, 0.4) is 0 Å². The summed E-state index contributed by atoms with van der Waals surface area (Å²) in [5.41, 5.74) is 1.98. The van der Waals surface area contributed by atoms with Crippen LogP contribution in [0.25, 0.3) is 0 Å². The average molecular weight is 291 g/mol. The number of benzene rings is 1. The molecule has 1 rings (SSSR count). The normalized spacial score (nSPS) is 12.6. The van der Waals surface area contributed by atoms with Crippen molar-refractivity contribution in [3.05, 3.63) is 29.8 Å². The van der Waals surface area contributed by atoms with Gasteiger partial charge in [-0.1, -0.05) is 46.8 Å². The van der Waals surface area contributed by atoms with E-state index >= 15 is 0 Å². The van der Waals surface area contributed by atoms with Gasteiger partial charge < -0.3 is 10.1 Å². The Morgan fingerprint density at radius 1 is 1.19 bits per heavy atom. The van der Waals surface area contributed by atoms with Crippen LogP contribution in [-0.4, -0.2) is 18.5 Å². The summed E-state index contributed by atoms with van der Waals surface area (Å²) in [6.45, 7) is 9.84. The first-order chi connectivity index (χ1) is 9.74. The molecule has 0 radical (unpaired) electrons. The quantitative estimate of drug-likeness (QED) is 0.845. The van der Waals surface area contributed by atoms with Crippen molar-refractivity contribution in [2.24, 2.45) is 5.92 Å². The third-order valence-electron chi connectivity index (χ3n) is 3.39. The van der Waals surface area contributed by atoms with Crippen molar-refractivity contribution in [3.8, 4) is 0 Å². The van der Waals surface area contributed by atoms with E-state index in [0.29, 0.717) is 12.1 Å². The molecule has 0 saturated heterocycles. The predicted molar refractivity (Wildman–Crippen MR) is 84.2 cm³/mol. The Morgan fingerprint density at radius 3 is 2.24 bits per heavy atom. The van der Waals surface area contributed by atoms with Gasteiger partial charge in [0.05, 0.1) is 5.92 Å². The molecular weight excluding hydrogens is 266 g/mol. The molecule has 0 aliphatic rings. The highest BCUT2D eigenvalue weighted by Crippen LogP contribution is 2.23. The molecule has 0 aliphatic carbocycles. The number of ether oxygens (including phenoxy) is 1. The predicted octanol–water partition coefficient (Wildman–Crippen LogP) is 3.51. The lowest BCUT2D eigenvalue weighted by atomic mass is 9.87. The van der Waals surface area contributed by atoms with Gasteiger partial charge in [0.1, 0.15) is 0 Å². The summed E-state index contributed by atoms with van der Waals surface area (Å²) in [4.78, 5) is 23.2. The van der Waals surface area contributed by atoms with Gasteiger partial charge in [0.2, 0.25) is 0 Å². The van der Waals surface area contributed by atoms with E-state index < -0.39 is 0 Å². The van der Waals surface area contributed by atoms with Gasteiger partial charge in [-0.25, -0.2) is 0 Å². The van der Waals surface area contributed by atoms with Crippen LogP contribution in [-0.2, 0) is 19.7 Å². The smallest absolute Gasteiger partial charge is 0.309 e. The second-order valence-electron chi connectivity index (χ2n) is 6.29. The van der Waals surface area contributed by atoms with E-state index in [1.165, 1.54) is 5.56 Å². The Bertz CT molecular complexity index is 486. The summed E-state index contributed by atoms with van der Waals surface area (Å²) < 4.78 is 4.96. The van der Waals surface area contributed by atoms with Crippen molar-refractivity contribution in [2.45, 2.75) is 46.5 Å². The third-order valence-corrected chi connectivity index (χ3v) is 3.39. The van der Waals surface area contributed by atoms with Crippen molar-refractivity contribution in [2.75, 3.05) is 11.9 Å². The molecule has 0 heterocycles. The van der Waals surface area contributed by atoms with Crippen LogP contribution >= 0.6 is 0 Å². The lowest BCUT2D eigenvalue weighted by Gasteiger charge is -2.19.